The van der Waals surface area contributed by atoms with E-state index in [0.29, 0.717) is 24.5 Å². The van der Waals surface area contributed by atoms with E-state index in [4.69, 9.17) is 15.3 Å². The third kappa shape index (κ3) is 2.32. The summed E-state index contributed by atoms with van der Waals surface area (Å²) in [6.45, 7) is 2.23. The van der Waals surface area contributed by atoms with E-state index in [2.05, 4.69) is 0 Å². The lowest BCUT2D eigenvalue weighted by Gasteiger charge is -1.91. The van der Waals surface area contributed by atoms with Gasteiger partial charge in [-0.2, -0.15) is 0 Å². The zero-order chi connectivity index (χ0) is 9.84. The Balaban J connectivity index is 2.76. The molecule has 13 heavy (non-hydrogen) atoms. The number of carbonyl (C=O) groups is 1. The van der Waals surface area contributed by atoms with Gasteiger partial charge in [0.15, 0.2) is 0 Å². The number of nitrogens with two attached hydrogens (primary N) is 1. The number of rotatable bonds is 4. The van der Waals surface area contributed by atoms with E-state index in [1.807, 2.05) is 0 Å². The highest BCUT2D eigenvalue weighted by Gasteiger charge is 2.12. The zero-order valence-corrected chi connectivity index (χ0v) is 7.54. The highest BCUT2D eigenvalue weighted by Crippen LogP contribution is 2.15. The lowest BCUT2D eigenvalue weighted by atomic mass is 10.2. The van der Waals surface area contributed by atoms with Crippen molar-refractivity contribution in [3.63, 3.8) is 0 Å². The fourth-order valence-electron chi connectivity index (χ4n) is 1.16. The van der Waals surface area contributed by atoms with Crippen LogP contribution in [-0.2, 0) is 6.42 Å². The standard InChI is InChI=1S/C9H13NO3/c1-6-8(9(11)12)5-7(13-6)3-2-4-10/h5H,2-4,10H2,1H3,(H,11,12). The molecule has 0 aliphatic rings. The second-order valence-electron chi connectivity index (χ2n) is 2.88. The fourth-order valence-corrected chi connectivity index (χ4v) is 1.16. The summed E-state index contributed by atoms with van der Waals surface area (Å²) in [5.41, 5.74) is 5.57. The average molecular weight is 183 g/mol. The van der Waals surface area contributed by atoms with Crippen molar-refractivity contribution < 1.29 is 14.3 Å². The predicted octanol–water partition coefficient (Wildman–Crippen LogP) is 1.18. The van der Waals surface area contributed by atoms with E-state index < -0.39 is 5.97 Å². The van der Waals surface area contributed by atoms with Crippen molar-refractivity contribution in [2.24, 2.45) is 5.73 Å². The smallest absolute Gasteiger partial charge is 0.339 e. The number of aryl methyl sites for hydroxylation is 2. The van der Waals surface area contributed by atoms with E-state index in [1.54, 1.807) is 13.0 Å². The molecule has 3 N–H and O–H groups in total. The van der Waals surface area contributed by atoms with Crippen LogP contribution < -0.4 is 5.73 Å². The number of hydrogen-bond acceptors (Lipinski definition) is 3. The Kier molecular flexibility index (Phi) is 3.08. The molecule has 1 aromatic heterocycles. The second kappa shape index (κ2) is 4.09. The van der Waals surface area contributed by atoms with Gasteiger partial charge in [-0.25, -0.2) is 4.79 Å². The SMILES string of the molecule is Cc1oc(CCCN)cc1C(=O)O. The van der Waals surface area contributed by atoms with Crippen LogP contribution in [0.5, 0.6) is 0 Å². The van der Waals surface area contributed by atoms with Gasteiger partial charge in [0.05, 0.1) is 0 Å². The van der Waals surface area contributed by atoms with Gasteiger partial charge in [0.2, 0.25) is 0 Å². The molecule has 0 bridgehead atoms. The average Bonchev–Trinajstić information content (AvgIpc) is 2.43. The van der Waals surface area contributed by atoms with Gasteiger partial charge in [-0.3, -0.25) is 0 Å². The number of furan rings is 1. The van der Waals surface area contributed by atoms with E-state index in [1.165, 1.54) is 0 Å². The molecule has 0 amide bonds. The molecule has 1 heterocycles. The number of hydrogen-bond donors (Lipinski definition) is 2. The van der Waals surface area contributed by atoms with Crippen molar-refractivity contribution in [2.45, 2.75) is 19.8 Å². The van der Waals surface area contributed by atoms with Crippen molar-refractivity contribution >= 4 is 5.97 Å². The third-order valence-corrected chi connectivity index (χ3v) is 1.83. The number of carboxylic acids is 1. The van der Waals surface area contributed by atoms with Gasteiger partial charge >= 0.3 is 5.97 Å². The predicted molar refractivity (Wildman–Crippen MR) is 47.8 cm³/mol. The zero-order valence-electron chi connectivity index (χ0n) is 7.54. The monoisotopic (exact) mass is 183 g/mol. The lowest BCUT2D eigenvalue weighted by Crippen LogP contribution is -1.99. The van der Waals surface area contributed by atoms with Crippen LogP contribution in [0, 0.1) is 6.92 Å². The topological polar surface area (TPSA) is 76.5 Å². The lowest BCUT2D eigenvalue weighted by molar-refractivity contribution is 0.0695. The highest BCUT2D eigenvalue weighted by atomic mass is 16.4. The molecule has 4 heteroatoms. The van der Waals surface area contributed by atoms with Crippen LogP contribution in [-0.4, -0.2) is 17.6 Å². The summed E-state index contributed by atoms with van der Waals surface area (Å²) in [5, 5.41) is 8.72. The number of aromatic carboxylic acids is 1. The van der Waals surface area contributed by atoms with Gasteiger partial charge in [-0.1, -0.05) is 0 Å². The Morgan fingerprint density at radius 3 is 2.85 bits per heavy atom. The maximum atomic E-state index is 10.6. The van der Waals surface area contributed by atoms with Crippen molar-refractivity contribution in [3.05, 3.63) is 23.2 Å². The van der Waals surface area contributed by atoms with Gasteiger partial charge in [0.25, 0.3) is 0 Å². The molecule has 4 nitrogen and oxygen atoms in total. The summed E-state index contributed by atoms with van der Waals surface area (Å²) in [6.07, 6.45) is 1.51. The molecule has 1 aromatic rings. The molecule has 72 valence electrons. The summed E-state index contributed by atoms with van der Waals surface area (Å²) < 4.78 is 5.24. The van der Waals surface area contributed by atoms with Gasteiger partial charge in [-0.15, -0.1) is 0 Å². The normalized spacial score (nSPS) is 10.3. The maximum absolute atomic E-state index is 10.6. The summed E-state index contributed by atoms with van der Waals surface area (Å²) >= 11 is 0. The van der Waals surface area contributed by atoms with Crippen molar-refractivity contribution in [3.8, 4) is 0 Å². The Bertz CT molecular complexity index is 304. The summed E-state index contributed by atoms with van der Waals surface area (Å²) in [5.74, 6) is 0.208. The van der Waals surface area contributed by atoms with E-state index in [0.717, 1.165) is 6.42 Å². The molecular formula is C9H13NO3. The van der Waals surface area contributed by atoms with Crippen molar-refractivity contribution in [2.75, 3.05) is 6.54 Å². The van der Waals surface area contributed by atoms with Crippen LogP contribution in [0.2, 0.25) is 0 Å². The first-order valence-electron chi connectivity index (χ1n) is 4.18. The van der Waals surface area contributed by atoms with Crippen LogP contribution in [0.3, 0.4) is 0 Å². The third-order valence-electron chi connectivity index (χ3n) is 1.83. The van der Waals surface area contributed by atoms with Gasteiger partial charge in [-0.05, 0) is 26.0 Å². The van der Waals surface area contributed by atoms with Gasteiger partial charge in [0, 0.05) is 6.42 Å². The minimum Gasteiger partial charge on any atom is -0.478 e. The molecule has 0 aromatic carbocycles. The van der Waals surface area contributed by atoms with Crippen molar-refractivity contribution in [1.82, 2.24) is 0 Å². The highest BCUT2D eigenvalue weighted by molar-refractivity contribution is 5.88. The fraction of sp³-hybridized carbons (Fsp3) is 0.444. The quantitative estimate of drug-likeness (QED) is 0.734. The summed E-state index contributed by atoms with van der Waals surface area (Å²) in [4.78, 5) is 10.6. The molecule has 0 saturated heterocycles. The van der Waals surface area contributed by atoms with E-state index >= 15 is 0 Å². The van der Waals surface area contributed by atoms with Crippen LogP contribution in [0.15, 0.2) is 10.5 Å². The largest absolute Gasteiger partial charge is 0.478 e. The molecule has 0 spiro atoms. The minimum absolute atomic E-state index is 0.243. The van der Waals surface area contributed by atoms with Crippen LogP contribution in [0.25, 0.3) is 0 Å². The summed E-state index contributed by atoms with van der Waals surface area (Å²) in [6, 6.07) is 1.56. The molecule has 0 saturated carbocycles. The van der Waals surface area contributed by atoms with Crippen molar-refractivity contribution in [1.29, 1.82) is 0 Å². The Hall–Kier alpha value is -1.29. The van der Waals surface area contributed by atoms with Crippen LogP contribution in [0.1, 0.15) is 28.3 Å². The molecule has 0 unspecified atom stereocenters. The first-order valence-corrected chi connectivity index (χ1v) is 4.18. The molecule has 0 aliphatic carbocycles. The maximum Gasteiger partial charge on any atom is 0.339 e. The van der Waals surface area contributed by atoms with E-state index in [9.17, 15) is 4.79 Å². The first-order chi connectivity index (χ1) is 6.15. The van der Waals surface area contributed by atoms with Gasteiger partial charge < -0.3 is 15.3 Å². The molecule has 0 fully saturated rings. The van der Waals surface area contributed by atoms with Crippen LogP contribution in [0.4, 0.5) is 0 Å². The summed E-state index contributed by atoms with van der Waals surface area (Å²) in [7, 11) is 0. The Morgan fingerprint density at radius 2 is 2.38 bits per heavy atom. The van der Waals surface area contributed by atoms with Crippen LogP contribution >= 0.6 is 0 Å². The molecule has 1 rings (SSSR count). The van der Waals surface area contributed by atoms with E-state index in [-0.39, 0.29) is 5.56 Å². The minimum atomic E-state index is -0.944. The molecular weight excluding hydrogens is 170 g/mol. The number of carboxylic acid groups (broad SMARTS) is 1. The second-order valence-corrected chi connectivity index (χ2v) is 2.88. The molecule has 0 atom stereocenters. The molecule has 0 aliphatic heterocycles. The Labute approximate surface area is 76.3 Å². The molecule has 0 radical (unpaired) electrons. The van der Waals surface area contributed by atoms with Gasteiger partial charge in [0.1, 0.15) is 17.1 Å². The first kappa shape index (κ1) is 9.80. The Morgan fingerprint density at radius 1 is 1.69 bits per heavy atom.